The van der Waals surface area contributed by atoms with Gasteiger partial charge >= 0.3 is 0 Å². The van der Waals surface area contributed by atoms with Gasteiger partial charge in [-0.05, 0) is 36.2 Å². The maximum atomic E-state index is 11.7. The zero-order chi connectivity index (χ0) is 12.4. The van der Waals surface area contributed by atoms with Gasteiger partial charge in [0.1, 0.15) is 0 Å². The van der Waals surface area contributed by atoms with Gasteiger partial charge in [0.15, 0.2) is 0 Å². The fourth-order valence-electron chi connectivity index (χ4n) is 2.23. The molecule has 0 fully saturated rings. The number of nitrogens with zero attached hydrogens (tertiary/aromatic N) is 1. The topological polar surface area (TPSA) is 32.3 Å². The Hall–Kier alpha value is -1.35. The van der Waals surface area contributed by atoms with E-state index in [1.165, 1.54) is 11.1 Å². The number of carbonyl (C=O) groups is 1. The van der Waals surface area contributed by atoms with E-state index in [2.05, 4.69) is 43.2 Å². The number of nitrogens with one attached hydrogen (secondary N) is 1. The molecular weight excluding hydrogens is 212 g/mol. The summed E-state index contributed by atoms with van der Waals surface area (Å²) in [7, 11) is 2.11. The van der Waals surface area contributed by atoms with Crippen LogP contribution in [-0.2, 0) is 17.9 Å². The molecule has 0 saturated heterocycles. The van der Waals surface area contributed by atoms with Crippen LogP contribution >= 0.6 is 0 Å². The van der Waals surface area contributed by atoms with Crippen molar-refractivity contribution in [2.75, 3.05) is 12.4 Å². The van der Waals surface area contributed by atoms with Crippen LogP contribution < -0.4 is 5.32 Å². The van der Waals surface area contributed by atoms with Crippen molar-refractivity contribution in [1.29, 1.82) is 0 Å². The van der Waals surface area contributed by atoms with Crippen LogP contribution in [0, 0.1) is 5.92 Å². The quantitative estimate of drug-likeness (QED) is 0.868. The lowest BCUT2D eigenvalue weighted by molar-refractivity contribution is -0.116. The first kappa shape index (κ1) is 12.1. The fourth-order valence-corrected chi connectivity index (χ4v) is 2.23. The highest BCUT2D eigenvalue weighted by Gasteiger charge is 2.16. The van der Waals surface area contributed by atoms with Crippen molar-refractivity contribution in [3.05, 3.63) is 29.3 Å². The first-order valence-corrected chi connectivity index (χ1v) is 6.15. The molecule has 3 nitrogen and oxygen atoms in total. The maximum absolute atomic E-state index is 11.7. The Morgan fingerprint density at radius 2 is 2.06 bits per heavy atom. The summed E-state index contributed by atoms with van der Waals surface area (Å²) in [4.78, 5) is 13.9. The molecule has 0 aliphatic carbocycles. The van der Waals surface area contributed by atoms with Crippen molar-refractivity contribution in [3.63, 3.8) is 0 Å². The third-order valence-corrected chi connectivity index (χ3v) is 2.96. The predicted octanol–water partition coefficient (Wildman–Crippen LogP) is 2.62. The molecule has 2 rings (SSSR count). The van der Waals surface area contributed by atoms with Gasteiger partial charge in [-0.1, -0.05) is 19.9 Å². The van der Waals surface area contributed by atoms with Gasteiger partial charge < -0.3 is 5.32 Å². The fraction of sp³-hybridized carbons (Fsp3) is 0.500. The number of rotatable bonds is 3. The van der Waals surface area contributed by atoms with Crippen LogP contribution in [0.15, 0.2) is 18.2 Å². The van der Waals surface area contributed by atoms with E-state index in [0.717, 1.165) is 18.8 Å². The Bertz CT molecular complexity index is 426. The van der Waals surface area contributed by atoms with Crippen LogP contribution in [0.2, 0.25) is 0 Å². The second-order valence-corrected chi connectivity index (χ2v) is 5.30. The summed E-state index contributed by atoms with van der Waals surface area (Å²) in [5, 5.41) is 2.96. The minimum Gasteiger partial charge on any atom is -0.326 e. The molecule has 1 N–H and O–H groups in total. The third kappa shape index (κ3) is 3.07. The minimum absolute atomic E-state index is 0.103. The van der Waals surface area contributed by atoms with Gasteiger partial charge in [0.05, 0.1) is 0 Å². The van der Waals surface area contributed by atoms with Crippen molar-refractivity contribution in [1.82, 2.24) is 4.90 Å². The molecule has 1 aromatic rings. The lowest BCUT2D eigenvalue weighted by Gasteiger charge is -2.08. The van der Waals surface area contributed by atoms with E-state index in [4.69, 9.17) is 0 Å². The van der Waals surface area contributed by atoms with Gasteiger partial charge in [0, 0.05) is 25.2 Å². The molecule has 17 heavy (non-hydrogen) atoms. The second-order valence-electron chi connectivity index (χ2n) is 5.30. The van der Waals surface area contributed by atoms with Crippen molar-refractivity contribution < 1.29 is 4.79 Å². The Morgan fingerprint density at radius 3 is 2.76 bits per heavy atom. The molecule has 3 heteroatoms. The second kappa shape index (κ2) is 4.88. The van der Waals surface area contributed by atoms with Crippen LogP contribution in [0.5, 0.6) is 0 Å². The van der Waals surface area contributed by atoms with Crippen molar-refractivity contribution in [2.24, 2.45) is 5.92 Å². The number of amides is 1. The summed E-state index contributed by atoms with van der Waals surface area (Å²) in [6, 6.07) is 6.21. The van der Waals surface area contributed by atoms with Crippen LogP contribution in [0.1, 0.15) is 31.4 Å². The zero-order valence-corrected chi connectivity index (χ0v) is 10.8. The van der Waals surface area contributed by atoms with Gasteiger partial charge in [-0.3, -0.25) is 9.69 Å². The monoisotopic (exact) mass is 232 g/mol. The molecule has 1 aliphatic heterocycles. The number of hydrogen-bond donors (Lipinski definition) is 1. The first-order valence-electron chi connectivity index (χ1n) is 6.15. The normalized spacial score (nSPS) is 15.1. The summed E-state index contributed by atoms with van der Waals surface area (Å²) in [5.41, 5.74) is 3.62. The average Bonchev–Trinajstić information content (AvgIpc) is 2.55. The average molecular weight is 232 g/mol. The zero-order valence-electron chi connectivity index (χ0n) is 10.8. The number of fused-ring (bicyclic) bond motifs is 1. The van der Waals surface area contributed by atoms with E-state index in [0.29, 0.717) is 12.3 Å². The van der Waals surface area contributed by atoms with Gasteiger partial charge in [-0.15, -0.1) is 0 Å². The molecule has 1 aliphatic rings. The van der Waals surface area contributed by atoms with Gasteiger partial charge in [0.25, 0.3) is 0 Å². The minimum atomic E-state index is 0.103. The predicted molar refractivity (Wildman–Crippen MR) is 69.7 cm³/mol. The van der Waals surface area contributed by atoms with Gasteiger partial charge in [0.2, 0.25) is 5.91 Å². The highest BCUT2D eigenvalue weighted by atomic mass is 16.1. The highest BCUT2D eigenvalue weighted by Crippen LogP contribution is 2.24. The molecular formula is C14H20N2O. The summed E-state index contributed by atoms with van der Waals surface area (Å²) >= 11 is 0. The highest BCUT2D eigenvalue weighted by molar-refractivity contribution is 5.90. The lowest BCUT2D eigenvalue weighted by atomic mass is 10.1. The van der Waals surface area contributed by atoms with Crippen molar-refractivity contribution in [3.8, 4) is 0 Å². The molecule has 1 aromatic carbocycles. The van der Waals surface area contributed by atoms with E-state index >= 15 is 0 Å². The molecule has 0 saturated carbocycles. The SMILES string of the molecule is CC(C)CC(=O)Nc1ccc2c(c1)CN(C)C2. The first-order chi connectivity index (χ1) is 8.04. The summed E-state index contributed by atoms with van der Waals surface area (Å²) in [6.45, 7) is 6.09. The van der Waals surface area contributed by atoms with Gasteiger partial charge in [-0.25, -0.2) is 0 Å². The molecule has 0 atom stereocenters. The van der Waals surface area contributed by atoms with Gasteiger partial charge in [-0.2, -0.15) is 0 Å². The number of benzene rings is 1. The molecule has 0 aromatic heterocycles. The van der Waals surface area contributed by atoms with E-state index in [9.17, 15) is 4.79 Å². The maximum Gasteiger partial charge on any atom is 0.224 e. The van der Waals surface area contributed by atoms with E-state index < -0.39 is 0 Å². The number of hydrogen-bond acceptors (Lipinski definition) is 2. The van der Waals surface area contributed by atoms with Crippen LogP contribution in [-0.4, -0.2) is 17.9 Å². The molecule has 1 amide bonds. The number of carbonyl (C=O) groups excluding carboxylic acids is 1. The van der Waals surface area contributed by atoms with Crippen LogP contribution in [0.25, 0.3) is 0 Å². The Kier molecular flexibility index (Phi) is 3.48. The van der Waals surface area contributed by atoms with Crippen LogP contribution in [0.3, 0.4) is 0 Å². The Balaban J connectivity index is 2.04. The number of anilines is 1. The molecule has 0 radical (unpaired) electrons. The third-order valence-electron chi connectivity index (χ3n) is 2.96. The molecule has 0 bridgehead atoms. The van der Waals surface area contributed by atoms with E-state index in [1.807, 2.05) is 6.07 Å². The van der Waals surface area contributed by atoms with Crippen LogP contribution in [0.4, 0.5) is 5.69 Å². The van der Waals surface area contributed by atoms with E-state index in [-0.39, 0.29) is 5.91 Å². The van der Waals surface area contributed by atoms with Crippen molar-refractivity contribution >= 4 is 11.6 Å². The standard InChI is InChI=1S/C14H20N2O/c1-10(2)6-14(17)15-13-5-4-11-8-16(3)9-12(11)7-13/h4-5,7,10H,6,8-9H2,1-3H3,(H,15,17). The summed E-state index contributed by atoms with van der Waals surface area (Å²) < 4.78 is 0. The molecule has 1 heterocycles. The largest absolute Gasteiger partial charge is 0.326 e. The summed E-state index contributed by atoms with van der Waals surface area (Å²) in [6.07, 6.45) is 0.580. The molecule has 92 valence electrons. The molecule has 0 spiro atoms. The smallest absolute Gasteiger partial charge is 0.224 e. The lowest BCUT2D eigenvalue weighted by Crippen LogP contribution is -2.13. The Labute approximate surface area is 103 Å². The Morgan fingerprint density at radius 1 is 1.35 bits per heavy atom. The summed E-state index contributed by atoms with van der Waals surface area (Å²) in [5.74, 6) is 0.502. The molecule has 0 unspecified atom stereocenters. The van der Waals surface area contributed by atoms with E-state index in [1.54, 1.807) is 0 Å². The van der Waals surface area contributed by atoms with Crippen molar-refractivity contribution in [2.45, 2.75) is 33.4 Å².